The van der Waals surface area contributed by atoms with Crippen molar-refractivity contribution >= 4 is 0 Å². The van der Waals surface area contributed by atoms with E-state index in [9.17, 15) is 10.2 Å². The standard InChI is InChI=1S/C24H18O5/c25-21-13-11-19(15-23(21)28-17-7-3-1-4-8-17)27-20-12-14-22(26)24(16-20)29-18-9-5-2-6-10-18/h1-16,25-26H. The molecule has 4 aromatic carbocycles. The Hall–Kier alpha value is -4.12. The minimum Gasteiger partial charge on any atom is -0.504 e. The second-order valence-corrected chi connectivity index (χ2v) is 6.19. The maximum atomic E-state index is 10.1. The van der Waals surface area contributed by atoms with Crippen molar-refractivity contribution in [3.63, 3.8) is 0 Å². The molecule has 4 rings (SSSR count). The van der Waals surface area contributed by atoms with Crippen molar-refractivity contribution in [1.29, 1.82) is 0 Å². The largest absolute Gasteiger partial charge is 0.504 e. The van der Waals surface area contributed by atoms with Crippen LogP contribution in [0.4, 0.5) is 0 Å². The van der Waals surface area contributed by atoms with Gasteiger partial charge in [0.2, 0.25) is 0 Å². The van der Waals surface area contributed by atoms with Crippen LogP contribution < -0.4 is 14.2 Å². The Balaban J connectivity index is 1.54. The highest BCUT2D eigenvalue weighted by Crippen LogP contribution is 2.38. The Bertz CT molecular complexity index is 1010. The van der Waals surface area contributed by atoms with Crippen LogP contribution in [0.5, 0.6) is 46.0 Å². The van der Waals surface area contributed by atoms with Crippen LogP contribution in [0.25, 0.3) is 0 Å². The van der Waals surface area contributed by atoms with Gasteiger partial charge in [0.15, 0.2) is 23.0 Å². The van der Waals surface area contributed by atoms with Crippen LogP contribution in [-0.4, -0.2) is 10.2 Å². The fraction of sp³-hybridized carbons (Fsp3) is 0. The van der Waals surface area contributed by atoms with Crippen LogP contribution in [0.1, 0.15) is 0 Å². The Labute approximate surface area is 168 Å². The highest BCUT2D eigenvalue weighted by Gasteiger charge is 2.10. The molecule has 0 saturated heterocycles. The summed E-state index contributed by atoms with van der Waals surface area (Å²) in [5, 5.41) is 20.1. The lowest BCUT2D eigenvalue weighted by Gasteiger charge is -2.12. The molecule has 29 heavy (non-hydrogen) atoms. The molecule has 5 nitrogen and oxygen atoms in total. The molecule has 144 valence electrons. The number of ether oxygens (including phenoxy) is 3. The van der Waals surface area contributed by atoms with E-state index in [1.807, 2.05) is 36.4 Å². The van der Waals surface area contributed by atoms with Gasteiger partial charge in [-0.15, -0.1) is 0 Å². The second kappa shape index (κ2) is 8.27. The molecular weight excluding hydrogens is 368 g/mol. The van der Waals surface area contributed by atoms with Gasteiger partial charge in [0, 0.05) is 12.1 Å². The first kappa shape index (κ1) is 18.3. The average molecular weight is 386 g/mol. The van der Waals surface area contributed by atoms with E-state index in [4.69, 9.17) is 14.2 Å². The van der Waals surface area contributed by atoms with Crippen LogP contribution >= 0.6 is 0 Å². The van der Waals surface area contributed by atoms with Crippen molar-refractivity contribution in [3.8, 4) is 46.0 Å². The minimum absolute atomic E-state index is 0.00000847. The van der Waals surface area contributed by atoms with E-state index in [1.54, 1.807) is 48.5 Å². The summed E-state index contributed by atoms with van der Waals surface area (Å²) in [5.41, 5.74) is 0. The van der Waals surface area contributed by atoms with Gasteiger partial charge >= 0.3 is 0 Å². The third kappa shape index (κ3) is 4.59. The quantitative estimate of drug-likeness (QED) is 0.397. The van der Waals surface area contributed by atoms with Crippen LogP contribution in [-0.2, 0) is 0 Å². The number of phenols is 2. The van der Waals surface area contributed by atoms with Crippen molar-refractivity contribution in [2.75, 3.05) is 0 Å². The molecule has 0 saturated carbocycles. The maximum Gasteiger partial charge on any atom is 0.172 e. The summed E-state index contributed by atoms with van der Waals surface area (Å²) >= 11 is 0. The summed E-state index contributed by atoms with van der Waals surface area (Å²) in [6.07, 6.45) is 0. The summed E-state index contributed by atoms with van der Waals surface area (Å²) in [4.78, 5) is 0. The predicted molar refractivity (Wildman–Crippen MR) is 109 cm³/mol. The SMILES string of the molecule is Oc1ccc(Oc2ccc(O)c(Oc3ccccc3)c2)cc1Oc1ccccc1. The highest BCUT2D eigenvalue weighted by molar-refractivity contribution is 5.50. The number of benzene rings is 4. The Morgan fingerprint density at radius 2 is 0.828 bits per heavy atom. The van der Waals surface area contributed by atoms with Gasteiger partial charge in [-0.2, -0.15) is 0 Å². The van der Waals surface area contributed by atoms with E-state index in [1.165, 1.54) is 12.1 Å². The number of rotatable bonds is 6. The van der Waals surface area contributed by atoms with Gasteiger partial charge in [-0.25, -0.2) is 0 Å². The molecule has 0 heterocycles. The Kier molecular flexibility index (Phi) is 5.21. The van der Waals surface area contributed by atoms with E-state index < -0.39 is 0 Å². The first-order valence-corrected chi connectivity index (χ1v) is 8.97. The van der Waals surface area contributed by atoms with Crippen LogP contribution in [0.2, 0.25) is 0 Å². The molecule has 0 aliphatic heterocycles. The maximum absolute atomic E-state index is 10.1. The minimum atomic E-state index is 0.00000847. The van der Waals surface area contributed by atoms with Gasteiger partial charge in [-0.1, -0.05) is 36.4 Å². The van der Waals surface area contributed by atoms with Gasteiger partial charge in [0.05, 0.1) is 0 Å². The van der Waals surface area contributed by atoms with E-state index in [0.29, 0.717) is 23.0 Å². The number of hydrogen-bond acceptors (Lipinski definition) is 5. The molecule has 0 aliphatic rings. The topological polar surface area (TPSA) is 68.2 Å². The molecule has 0 spiro atoms. The Morgan fingerprint density at radius 3 is 1.24 bits per heavy atom. The van der Waals surface area contributed by atoms with Crippen LogP contribution in [0.15, 0.2) is 97.1 Å². The molecule has 0 atom stereocenters. The summed E-state index contributed by atoms with van der Waals surface area (Å²) in [6, 6.07) is 27.7. The fourth-order valence-electron chi connectivity index (χ4n) is 2.65. The molecular formula is C24H18O5. The van der Waals surface area contributed by atoms with Gasteiger partial charge in [-0.05, 0) is 48.5 Å². The van der Waals surface area contributed by atoms with Crippen molar-refractivity contribution in [3.05, 3.63) is 97.1 Å². The van der Waals surface area contributed by atoms with Crippen molar-refractivity contribution in [1.82, 2.24) is 0 Å². The molecule has 0 bridgehead atoms. The third-order valence-corrected chi connectivity index (χ3v) is 4.04. The van der Waals surface area contributed by atoms with Crippen molar-refractivity contribution in [2.24, 2.45) is 0 Å². The van der Waals surface area contributed by atoms with Gasteiger partial charge in [0.1, 0.15) is 23.0 Å². The van der Waals surface area contributed by atoms with E-state index >= 15 is 0 Å². The van der Waals surface area contributed by atoms with Crippen molar-refractivity contribution in [2.45, 2.75) is 0 Å². The van der Waals surface area contributed by atoms with Crippen LogP contribution in [0.3, 0.4) is 0 Å². The molecule has 0 unspecified atom stereocenters. The smallest absolute Gasteiger partial charge is 0.172 e. The molecule has 0 fully saturated rings. The number of phenolic OH excluding ortho intramolecular Hbond substituents is 2. The number of hydrogen-bond donors (Lipinski definition) is 2. The van der Waals surface area contributed by atoms with Gasteiger partial charge < -0.3 is 24.4 Å². The summed E-state index contributed by atoms with van der Waals surface area (Å²) in [5.74, 6) is 2.67. The lowest BCUT2D eigenvalue weighted by atomic mass is 10.2. The van der Waals surface area contributed by atoms with Crippen molar-refractivity contribution < 1.29 is 24.4 Å². The number of aromatic hydroxyl groups is 2. The molecule has 0 amide bonds. The molecule has 0 aliphatic carbocycles. The molecule has 0 aromatic heterocycles. The molecule has 0 radical (unpaired) electrons. The monoisotopic (exact) mass is 386 g/mol. The Morgan fingerprint density at radius 1 is 0.414 bits per heavy atom. The zero-order chi connectivity index (χ0) is 20.1. The second-order valence-electron chi connectivity index (χ2n) is 6.19. The molecule has 5 heteroatoms. The summed E-state index contributed by atoms with van der Waals surface area (Å²) in [7, 11) is 0. The first-order chi connectivity index (χ1) is 14.2. The first-order valence-electron chi connectivity index (χ1n) is 8.97. The van der Waals surface area contributed by atoms with E-state index in [0.717, 1.165) is 0 Å². The van der Waals surface area contributed by atoms with Crippen LogP contribution in [0, 0.1) is 0 Å². The van der Waals surface area contributed by atoms with E-state index in [2.05, 4.69) is 0 Å². The average Bonchev–Trinajstić information content (AvgIpc) is 2.74. The number of para-hydroxylation sites is 2. The molecule has 2 N–H and O–H groups in total. The normalized spacial score (nSPS) is 10.3. The predicted octanol–water partition coefficient (Wildman–Crippen LogP) is 6.47. The summed E-state index contributed by atoms with van der Waals surface area (Å²) in [6.45, 7) is 0. The highest BCUT2D eigenvalue weighted by atomic mass is 16.5. The lowest BCUT2D eigenvalue weighted by molar-refractivity contribution is 0.399. The fourth-order valence-corrected chi connectivity index (χ4v) is 2.65. The van der Waals surface area contributed by atoms with Gasteiger partial charge in [-0.3, -0.25) is 0 Å². The lowest BCUT2D eigenvalue weighted by Crippen LogP contribution is -1.89. The molecule has 4 aromatic rings. The zero-order valence-electron chi connectivity index (χ0n) is 15.4. The van der Waals surface area contributed by atoms with Gasteiger partial charge in [0.25, 0.3) is 0 Å². The van der Waals surface area contributed by atoms with E-state index in [-0.39, 0.29) is 23.0 Å². The summed E-state index contributed by atoms with van der Waals surface area (Å²) < 4.78 is 17.3. The zero-order valence-corrected chi connectivity index (χ0v) is 15.4. The third-order valence-electron chi connectivity index (χ3n) is 4.04.